The summed E-state index contributed by atoms with van der Waals surface area (Å²) in [6.45, 7) is 1.13. The van der Waals surface area contributed by atoms with Gasteiger partial charge in [0.1, 0.15) is 11.9 Å². The summed E-state index contributed by atoms with van der Waals surface area (Å²) in [7, 11) is 0. The summed E-state index contributed by atoms with van der Waals surface area (Å²) in [6, 6.07) is 19.4. The number of hydrogen-bond donors (Lipinski definition) is 1. The highest BCUT2D eigenvalue weighted by molar-refractivity contribution is 7.98. The highest BCUT2D eigenvalue weighted by Crippen LogP contribution is 2.33. The fourth-order valence-corrected chi connectivity index (χ4v) is 3.54. The normalized spacial score (nSPS) is 19.0. The largest absolute Gasteiger partial charge is 0.485 e. The fraction of sp³-hybridized carbons (Fsp3) is 0.368. The van der Waals surface area contributed by atoms with E-state index in [1.807, 2.05) is 6.07 Å². The van der Waals surface area contributed by atoms with Gasteiger partial charge in [-0.05, 0) is 43.3 Å². The van der Waals surface area contributed by atoms with Crippen molar-refractivity contribution in [1.82, 2.24) is 5.32 Å². The third-order valence-electron chi connectivity index (χ3n) is 4.17. The zero-order chi connectivity index (χ0) is 15.2. The van der Waals surface area contributed by atoms with Crippen molar-refractivity contribution in [3.63, 3.8) is 0 Å². The summed E-state index contributed by atoms with van der Waals surface area (Å²) < 4.78 is 6.42. The first-order valence-corrected chi connectivity index (χ1v) is 9.17. The lowest BCUT2D eigenvalue weighted by Gasteiger charge is -2.24. The lowest BCUT2D eigenvalue weighted by molar-refractivity contribution is 0.176. The molecule has 1 fully saturated rings. The molecule has 116 valence electrons. The minimum absolute atomic E-state index is 0.102. The van der Waals surface area contributed by atoms with Crippen LogP contribution < -0.4 is 10.1 Å². The molecule has 3 heteroatoms. The summed E-state index contributed by atoms with van der Waals surface area (Å²) in [6.07, 6.45) is 5.74. The molecule has 2 atom stereocenters. The van der Waals surface area contributed by atoms with Gasteiger partial charge < -0.3 is 10.1 Å². The predicted molar refractivity (Wildman–Crippen MR) is 93.7 cm³/mol. The number of thioether (sulfide) groups is 1. The van der Waals surface area contributed by atoms with Gasteiger partial charge >= 0.3 is 0 Å². The van der Waals surface area contributed by atoms with E-state index >= 15 is 0 Å². The van der Waals surface area contributed by atoms with E-state index in [1.54, 1.807) is 11.8 Å². The van der Waals surface area contributed by atoms with Crippen molar-refractivity contribution >= 4 is 11.8 Å². The van der Waals surface area contributed by atoms with Crippen molar-refractivity contribution in [2.75, 3.05) is 12.8 Å². The Morgan fingerprint density at radius 1 is 1.14 bits per heavy atom. The molecule has 0 radical (unpaired) electrons. The number of benzene rings is 2. The molecule has 2 nitrogen and oxygen atoms in total. The number of ether oxygens (including phenoxy) is 1. The number of rotatable bonds is 6. The van der Waals surface area contributed by atoms with Gasteiger partial charge in [-0.2, -0.15) is 0 Å². The van der Waals surface area contributed by atoms with Crippen molar-refractivity contribution in [1.29, 1.82) is 0 Å². The van der Waals surface area contributed by atoms with Crippen LogP contribution in [0.2, 0.25) is 0 Å². The SMILES string of the molecule is CSc1ccccc1OC(CC1CCCN1)c1ccccc1. The van der Waals surface area contributed by atoms with Gasteiger partial charge in [-0.3, -0.25) is 0 Å². The van der Waals surface area contributed by atoms with Crippen molar-refractivity contribution in [3.05, 3.63) is 60.2 Å². The van der Waals surface area contributed by atoms with Crippen LogP contribution in [0.15, 0.2) is 59.5 Å². The Hall–Kier alpha value is -1.45. The number of nitrogens with one attached hydrogen (secondary N) is 1. The fourth-order valence-electron chi connectivity index (χ4n) is 3.01. The molecule has 2 aromatic rings. The lowest BCUT2D eigenvalue weighted by Crippen LogP contribution is -2.25. The average molecular weight is 313 g/mol. The maximum atomic E-state index is 6.42. The van der Waals surface area contributed by atoms with E-state index in [0.29, 0.717) is 6.04 Å². The van der Waals surface area contributed by atoms with Gasteiger partial charge in [0.2, 0.25) is 0 Å². The van der Waals surface area contributed by atoms with E-state index in [1.165, 1.54) is 23.3 Å². The summed E-state index contributed by atoms with van der Waals surface area (Å²) in [5.74, 6) is 0.988. The minimum Gasteiger partial charge on any atom is -0.485 e. The first-order chi connectivity index (χ1) is 10.9. The van der Waals surface area contributed by atoms with Gasteiger partial charge in [-0.15, -0.1) is 11.8 Å². The van der Waals surface area contributed by atoms with Crippen LogP contribution in [-0.2, 0) is 0 Å². The third kappa shape index (κ3) is 3.84. The van der Waals surface area contributed by atoms with E-state index < -0.39 is 0 Å². The molecule has 22 heavy (non-hydrogen) atoms. The maximum absolute atomic E-state index is 6.42. The molecule has 0 aliphatic carbocycles. The second kappa shape index (κ2) is 7.70. The van der Waals surface area contributed by atoms with E-state index in [4.69, 9.17) is 4.74 Å². The molecular weight excluding hydrogens is 290 g/mol. The van der Waals surface area contributed by atoms with Gasteiger partial charge in [-0.25, -0.2) is 0 Å². The summed E-state index contributed by atoms with van der Waals surface area (Å²) >= 11 is 1.73. The van der Waals surface area contributed by atoms with E-state index in [2.05, 4.69) is 60.1 Å². The van der Waals surface area contributed by atoms with Crippen molar-refractivity contribution < 1.29 is 4.74 Å². The molecule has 1 saturated heterocycles. The van der Waals surface area contributed by atoms with Crippen LogP contribution in [0.3, 0.4) is 0 Å². The molecule has 1 heterocycles. The molecule has 1 N–H and O–H groups in total. The Labute approximate surface area is 137 Å². The van der Waals surface area contributed by atoms with Crippen molar-refractivity contribution in [2.24, 2.45) is 0 Å². The molecule has 0 amide bonds. The van der Waals surface area contributed by atoms with E-state index in [0.717, 1.165) is 18.7 Å². The Balaban J connectivity index is 1.81. The Bertz CT molecular complexity index is 581. The van der Waals surface area contributed by atoms with Crippen LogP contribution in [0.5, 0.6) is 5.75 Å². The standard InChI is InChI=1S/C19H23NOS/c1-22-19-12-6-5-11-17(19)21-18(14-16-10-7-13-20-16)15-8-3-2-4-9-15/h2-6,8-9,11-12,16,18,20H,7,10,13-14H2,1H3. The average Bonchev–Trinajstić information content (AvgIpc) is 3.08. The smallest absolute Gasteiger partial charge is 0.133 e. The van der Waals surface area contributed by atoms with Gasteiger partial charge in [0.25, 0.3) is 0 Å². The van der Waals surface area contributed by atoms with Gasteiger partial charge in [0.15, 0.2) is 0 Å². The quantitative estimate of drug-likeness (QED) is 0.783. The second-order valence-electron chi connectivity index (χ2n) is 5.70. The molecule has 1 aliphatic rings. The van der Waals surface area contributed by atoms with E-state index in [9.17, 15) is 0 Å². The number of hydrogen-bond acceptors (Lipinski definition) is 3. The highest BCUT2D eigenvalue weighted by Gasteiger charge is 2.22. The molecule has 3 rings (SSSR count). The van der Waals surface area contributed by atoms with Crippen LogP contribution in [0.1, 0.15) is 30.9 Å². The first kappa shape index (κ1) is 15.4. The van der Waals surface area contributed by atoms with E-state index in [-0.39, 0.29) is 6.10 Å². The molecule has 1 aliphatic heterocycles. The molecule has 2 aromatic carbocycles. The Morgan fingerprint density at radius 2 is 1.91 bits per heavy atom. The van der Waals surface area contributed by atoms with Crippen LogP contribution in [0.4, 0.5) is 0 Å². The Kier molecular flexibility index (Phi) is 5.41. The lowest BCUT2D eigenvalue weighted by atomic mass is 10.0. The zero-order valence-corrected chi connectivity index (χ0v) is 13.8. The molecule has 0 bridgehead atoms. The monoisotopic (exact) mass is 313 g/mol. The third-order valence-corrected chi connectivity index (χ3v) is 4.95. The molecule has 2 unspecified atom stereocenters. The summed E-state index contributed by atoms with van der Waals surface area (Å²) in [5.41, 5.74) is 1.26. The van der Waals surface area contributed by atoms with Crippen molar-refractivity contribution in [3.8, 4) is 5.75 Å². The van der Waals surface area contributed by atoms with Crippen LogP contribution in [-0.4, -0.2) is 18.8 Å². The minimum atomic E-state index is 0.102. The molecule has 0 saturated carbocycles. The summed E-state index contributed by atoms with van der Waals surface area (Å²) in [5, 5.41) is 3.59. The predicted octanol–water partition coefficient (Wildman–Crippen LogP) is 4.67. The van der Waals surface area contributed by atoms with Crippen molar-refractivity contribution in [2.45, 2.75) is 36.3 Å². The first-order valence-electron chi connectivity index (χ1n) is 7.95. The van der Waals surface area contributed by atoms with Crippen LogP contribution >= 0.6 is 11.8 Å². The second-order valence-corrected chi connectivity index (χ2v) is 6.55. The maximum Gasteiger partial charge on any atom is 0.133 e. The number of para-hydroxylation sites is 1. The molecule has 0 spiro atoms. The zero-order valence-electron chi connectivity index (χ0n) is 13.0. The van der Waals surface area contributed by atoms with Gasteiger partial charge in [0, 0.05) is 17.4 Å². The highest BCUT2D eigenvalue weighted by atomic mass is 32.2. The molecule has 0 aromatic heterocycles. The summed E-state index contributed by atoms with van der Waals surface area (Å²) in [4.78, 5) is 1.20. The van der Waals surface area contributed by atoms with Gasteiger partial charge in [0.05, 0.1) is 0 Å². The van der Waals surface area contributed by atoms with Crippen LogP contribution in [0, 0.1) is 0 Å². The van der Waals surface area contributed by atoms with Gasteiger partial charge in [-0.1, -0.05) is 42.5 Å². The molecular formula is C19H23NOS. The van der Waals surface area contributed by atoms with Crippen LogP contribution in [0.25, 0.3) is 0 Å². The topological polar surface area (TPSA) is 21.3 Å². The Morgan fingerprint density at radius 3 is 2.64 bits per heavy atom.